The Balaban J connectivity index is 2.32. The van der Waals surface area contributed by atoms with Crippen molar-refractivity contribution in [2.24, 2.45) is 5.41 Å². The van der Waals surface area contributed by atoms with Crippen LogP contribution in [-0.2, 0) is 16.2 Å². The zero-order valence-electron chi connectivity index (χ0n) is 12.8. The fourth-order valence-electron chi connectivity index (χ4n) is 2.90. The molecule has 1 aliphatic rings. The van der Waals surface area contributed by atoms with Crippen LogP contribution in [0.1, 0.15) is 46.4 Å². The molecule has 0 unspecified atom stereocenters. The normalized spacial score (nSPS) is 30.3. The first-order chi connectivity index (χ1) is 9.60. The Morgan fingerprint density at radius 1 is 1.38 bits per heavy atom. The van der Waals surface area contributed by atoms with Gasteiger partial charge in [-0.15, -0.1) is 0 Å². The van der Waals surface area contributed by atoms with E-state index in [9.17, 15) is 9.47 Å². The van der Waals surface area contributed by atoms with E-state index in [1.807, 2.05) is 27.7 Å². The molecule has 1 aromatic heterocycles. The molecule has 21 heavy (non-hydrogen) atoms. The summed E-state index contributed by atoms with van der Waals surface area (Å²) in [5.74, 6) is 1.21. The second-order valence-electron chi connectivity index (χ2n) is 7.13. The van der Waals surface area contributed by atoms with Crippen molar-refractivity contribution in [3.63, 3.8) is 0 Å². The third-order valence-corrected chi connectivity index (χ3v) is 6.50. The largest absolute Gasteiger partial charge is 0.259 e. The number of hydrogen-bond acceptors (Lipinski definition) is 4. The van der Waals surface area contributed by atoms with Gasteiger partial charge in [-0.3, -0.25) is 4.21 Å². The quantitative estimate of drug-likeness (QED) is 0.818. The van der Waals surface area contributed by atoms with Gasteiger partial charge in [0, 0.05) is 39.1 Å². The number of rotatable bonds is 3. The maximum atomic E-state index is 12.6. The van der Waals surface area contributed by atoms with Gasteiger partial charge < -0.3 is 0 Å². The number of hydrogen-bond donors (Lipinski definition) is 0. The van der Waals surface area contributed by atoms with E-state index in [0.717, 1.165) is 4.47 Å². The van der Waals surface area contributed by atoms with Gasteiger partial charge in [-0.05, 0) is 56.5 Å². The van der Waals surface area contributed by atoms with Crippen molar-refractivity contribution in [2.75, 3.05) is 5.75 Å². The van der Waals surface area contributed by atoms with Gasteiger partial charge in [0.1, 0.15) is 5.82 Å². The average molecular weight is 370 g/mol. The maximum Gasteiger partial charge on any atom is 0.135 e. The zero-order chi connectivity index (χ0) is 15.9. The van der Waals surface area contributed by atoms with Crippen molar-refractivity contribution in [3.8, 4) is 6.07 Å². The first-order valence-corrected chi connectivity index (χ1v) is 8.99. The molecular weight excluding hydrogens is 350 g/mol. The molecule has 0 radical (unpaired) electrons. The van der Waals surface area contributed by atoms with E-state index in [2.05, 4.69) is 32.0 Å². The summed E-state index contributed by atoms with van der Waals surface area (Å²) in [7, 11) is -0.998. The van der Waals surface area contributed by atoms with Crippen molar-refractivity contribution in [1.29, 1.82) is 5.26 Å². The molecule has 0 aromatic carbocycles. The number of halogens is 1. The predicted molar refractivity (Wildman–Crippen MR) is 87.1 cm³/mol. The summed E-state index contributed by atoms with van der Waals surface area (Å²) in [6, 6.07) is 2.36. The number of nitriles is 1. The molecule has 0 N–H and O–H groups in total. The minimum absolute atomic E-state index is 0.277. The van der Waals surface area contributed by atoms with Crippen LogP contribution in [0.25, 0.3) is 0 Å². The smallest absolute Gasteiger partial charge is 0.135 e. The van der Waals surface area contributed by atoms with E-state index < -0.39 is 10.8 Å². The highest BCUT2D eigenvalue weighted by Crippen LogP contribution is 2.55. The molecular formula is C15H20BrN3OS. The van der Waals surface area contributed by atoms with Crippen LogP contribution in [0.3, 0.4) is 0 Å². The first-order valence-electron chi connectivity index (χ1n) is 6.88. The van der Waals surface area contributed by atoms with Crippen LogP contribution in [-0.4, -0.2) is 24.7 Å². The first kappa shape index (κ1) is 16.6. The summed E-state index contributed by atoms with van der Waals surface area (Å²) in [6.45, 7) is 7.87. The van der Waals surface area contributed by atoms with Crippen molar-refractivity contribution in [2.45, 2.75) is 50.7 Å². The van der Waals surface area contributed by atoms with E-state index in [1.165, 1.54) is 0 Å². The lowest BCUT2D eigenvalue weighted by Gasteiger charge is -2.50. The lowest BCUT2D eigenvalue weighted by Crippen LogP contribution is -2.53. The van der Waals surface area contributed by atoms with Crippen LogP contribution in [0.15, 0.2) is 16.9 Å². The maximum absolute atomic E-state index is 12.6. The summed E-state index contributed by atoms with van der Waals surface area (Å²) in [4.78, 5) is 8.81. The van der Waals surface area contributed by atoms with Crippen LogP contribution in [0, 0.1) is 16.7 Å². The highest BCUT2D eigenvalue weighted by molar-refractivity contribution is 9.10. The third-order valence-electron chi connectivity index (χ3n) is 3.91. The van der Waals surface area contributed by atoms with Crippen LogP contribution < -0.4 is 0 Å². The van der Waals surface area contributed by atoms with Gasteiger partial charge in [-0.25, -0.2) is 9.97 Å². The molecule has 0 saturated heterocycles. The van der Waals surface area contributed by atoms with Gasteiger partial charge in [0.2, 0.25) is 0 Å². The average Bonchev–Trinajstić information content (AvgIpc) is 2.36. The molecule has 1 atom stereocenters. The second kappa shape index (κ2) is 5.44. The zero-order valence-corrected chi connectivity index (χ0v) is 15.2. The lowest BCUT2D eigenvalue weighted by molar-refractivity contribution is 0.104. The van der Waals surface area contributed by atoms with Crippen molar-refractivity contribution in [3.05, 3.63) is 22.7 Å². The van der Waals surface area contributed by atoms with Gasteiger partial charge >= 0.3 is 0 Å². The van der Waals surface area contributed by atoms with E-state index in [-0.39, 0.29) is 15.6 Å². The molecule has 4 nitrogen and oxygen atoms in total. The fraction of sp³-hybridized carbons (Fsp3) is 0.667. The van der Waals surface area contributed by atoms with E-state index in [1.54, 1.807) is 12.4 Å². The lowest BCUT2D eigenvalue weighted by atomic mass is 9.54. The summed E-state index contributed by atoms with van der Waals surface area (Å²) < 4.78 is 13.1. The summed E-state index contributed by atoms with van der Waals surface area (Å²) in [6.07, 6.45) is 4.76. The van der Waals surface area contributed by atoms with Crippen molar-refractivity contribution in [1.82, 2.24) is 9.97 Å². The molecule has 6 heteroatoms. The summed E-state index contributed by atoms with van der Waals surface area (Å²) >= 11 is 3.33. The van der Waals surface area contributed by atoms with E-state index in [0.29, 0.717) is 24.4 Å². The summed E-state index contributed by atoms with van der Waals surface area (Å²) in [5, 5.41) is 9.29. The molecule has 1 saturated carbocycles. The molecule has 1 fully saturated rings. The SMILES string of the molecule is CC1(C#N)CC(C[S@](=O)C(C)(C)C)(c2ncc(Br)cn2)C1. The minimum atomic E-state index is -0.998. The van der Waals surface area contributed by atoms with Gasteiger partial charge in [0.05, 0.1) is 16.0 Å². The standard InChI is InChI=1S/C15H20BrN3OS/c1-13(2,3)21(20)10-15(7-14(4,8-15)9-17)12-18-5-11(16)6-19-12/h5-6H,7-8,10H2,1-4H3/t14?,15?,21-/m0/s1. The van der Waals surface area contributed by atoms with Crippen molar-refractivity contribution >= 4 is 26.7 Å². The molecule has 0 spiro atoms. The van der Waals surface area contributed by atoms with E-state index in [4.69, 9.17) is 0 Å². The van der Waals surface area contributed by atoms with Crippen LogP contribution in [0.2, 0.25) is 0 Å². The van der Waals surface area contributed by atoms with Gasteiger partial charge in [0.25, 0.3) is 0 Å². The minimum Gasteiger partial charge on any atom is -0.259 e. The Bertz CT molecular complexity index is 595. The molecule has 114 valence electrons. The summed E-state index contributed by atoms with van der Waals surface area (Å²) in [5.41, 5.74) is -0.707. The highest BCUT2D eigenvalue weighted by Gasteiger charge is 2.56. The molecule has 0 aliphatic heterocycles. The van der Waals surface area contributed by atoms with Gasteiger partial charge in [0.15, 0.2) is 0 Å². The fourth-order valence-corrected chi connectivity index (χ4v) is 4.37. The van der Waals surface area contributed by atoms with Crippen molar-refractivity contribution < 1.29 is 4.21 Å². The molecule has 2 rings (SSSR count). The van der Waals surface area contributed by atoms with Crippen LogP contribution in [0.4, 0.5) is 0 Å². The Morgan fingerprint density at radius 3 is 2.33 bits per heavy atom. The molecule has 1 aliphatic carbocycles. The van der Waals surface area contributed by atoms with Crippen LogP contribution >= 0.6 is 15.9 Å². The number of nitrogens with zero attached hydrogens (tertiary/aromatic N) is 3. The third kappa shape index (κ3) is 3.35. The molecule has 0 bridgehead atoms. The molecule has 1 heterocycles. The second-order valence-corrected chi connectivity index (χ2v) is 10.3. The highest BCUT2D eigenvalue weighted by atomic mass is 79.9. The molecule has 0 amide bonds. The van der Waals surface area contributed by atoms with E-state index >= 15 is 0 Å². The van der Waals surface area contributed by atoms with Crippen LogP contribution in [0.5, 0.6) is 0 Å². The predicted octanol–water partition coefficient (Wildman–Crippen LogP) is 3.35. The molecule has 1 aromatic rings. The Labute approximate surface area is 137 Å². The Morgan fingerprint density at radius 2 is 1.90 bits per heavy atom. The van der Waals surface area contributed by atoms with Gasteiger partial charge in [-0.2, -0.15) is 5.26 Å². The van der Waals surface area contributed by atoms with Gasteiger partial charge in [-0.1, -0.05) is 0 Å². The topological polar surface area (TPSA) is 66.6 Å². The number of aromatic nitrogens is 2. The Kier molecular flexibility index (Phi) is 4.29. The Hall–Kier alpha value is -0.800. The monoisotopic (exact) mass is 369 g/mol.